The zero-order valence-corrected chi connectivity index (χ0v) is 26.4. The SMILES string of the molecule is CCc1ccc(N=C2S/C(=C\c3cc(Cl)c(OCc4ccc(Cl)cc4)c(Br)c3)C(=O)N2c2ccc(CC)cc2)cc1. The van der Waals surface area contributed by atoms with E-state index in [-0.39, 0.29) is 5.91 Å². The zero-order valence-electron chi connectivity index (χ0n) is 22.5. The number of rotatable bonds is 8. The van der Waals surface area contributed by atoms with Crippen molar-refractivity contribution in [1.29, 1.82) is 0 Å². The van der Waals surface area contributed by atoms with Crippen LogP contribution in [0.1, 0.15) is 36.1 Å². The topological polar surface area (TPSA) is 41.9 Å². The van der Waals surface area contributed by atoms with Gasteiger partial charge in [-0.25, -0.2) is 4.99 Å². The van der Waals surface area contributed by atoms with E-state index in [1.807, 2.05) is 72.8 Å². The van der Waals surface area contributed by atoms with Gasteiger partial charge in [0.25, 0.3) is 5.91 Å². The Morgan fingerprint density at radius 3 is 2.10 bits per heavy atom. The minimum atomic E-state index is -0.140. The van der Waals surface area contributed by atoms with Crippen LogP contribution < -0.4 is 9.64 Å². The lowest BCUT2D eigenvalue weighted by atomic mass is 10.1. The van der Waals surface area contributed by atoms with Crippen LogP contribution in [0.2, 0.25) is 10.0 Å². The van der Waals surface area contributed by atoms with Crippen LogP contribution in [0.4, 0.5) is 11.4 Å². The third-order valence-electron chi connectivity index (χ3n) is 6.59. The monoisotopic (exact) mass is 664 g/mol. The smallest absolute Gasteiger partial charge is 0.271 e. The van der Waals surface area contributed by atoms with Gasteiger partial charge in [-0.1, -0.05) is 73.4 Å². The lowest BCUT2D eigenvalue weighted by Crippen LogP contribution is -2.28. The highest BCUT2D eigenvalue weighted by atomic mass is 79.9. The molecule has 0 aliphatic carbocycles. The molecule has 5 rings (SSSR count). The van der Waals surface area contributed by atoms with Crippen LogP contribution in [0.3, 0.4) is 0 Å². The van der Waals surface area contributed by atoms with Gasteiger partial charge in [0.1, 0.15) is 6.61 Å². The minimum Gasteiger partial charge on any atom is -0.486 e. The molecule has 0 unspecified atom stereocenters. The molecule has 208 valence electrons. The Morgan fingerprint density at radius 2 is 1.49 bits per heavy atom. The van der Waals surface area contributed by atoms with Crippen LogP contribution >= 0.6 is 50.9 Å². The van der Waals surface area contributed by atoms with Crippen LogP contribution in [0.15, 0.2) is 99.3 Å². The van der Waals surface area contributed by atoms with E-state index in [1.165, 1.54) is 22.9 Å². The number of amides is 1. The van der Waals surface area contributed by atoms with Crippen molar-refractivity contribution in [2.45, 2.75) is 33.3 Å². The summed E-state index contributed by atoms with van der Waals surface area (Å²) < 4.78 is 6.68. The molecule has 1 fully saturated rings. The van der Waals surface area contributed by atoms with Gasteiger partial charge in [-0.05, 0) is 117 Å². The first kappa shape index (κ1) is 29.5. The maximum absolute atomic E-state index is 13.8. The summed E-state index contributed by atoms with van der Waals surface area (Å²) in [7, 11) is 0. The number of hydrogen-bond donors (Lipinski definition) is 0. The van der Waals surface area contributed by atoms with Gasteiger partial charge in [0.2, 0.25) is 0 Å². The summed E-state index contributed by atoms with van der Waals surface area (Å²) in [6.07, 6.45) is 3.71. The van der Waals surface area contributed by atoms with Crippen LogP contribution in [0, 0.1) is 0 Å². The first-order chi connectivity index (χ1) is 19.8. The molecule has 0 saturated carbocycles. The predicted molar refractivity (Wildman–Crippen MR) is 177 cm³/mol. The number of amidine groups is 1. The van der Waals surface area contributed by atoms with Crippen molar-refractivity contribution < 1.29 is 9.53 Å². The molecule has 1 heterocycles. The summed E-state index contributed by atoms with van der Waals surface area (Å²) in [6.45, 7) is 4.57. The van der Waals surface area contributed by atoms with Gasteiger partial charge in [-0.3, -0.25) is 9.69 Å². The Morgan fingerprint density at radius 1 is 0.878 bits per heavy atom. The van der Waals surface area contributed by atoms with E-state index >= 15 is 0 Å². The molecule has 1 saturated heterocycles. The number of aliphatic imine (C=N–C) groups is 1. The Kier molecular flexibility index (Phi) is 9.56. The molecule has 0 N–H and O–H groups in total. The minimum absolute atomic E-state index is 0.140. The fourth-order valence-corrected chi connectivity index (χ4v) is 6.38. The normalized spacial score (nSPS) is 15.2. The molecular formula is C33H27BrCl2N2O2S. The average Bonchev–Trinajstić information content (AvgIpc) is 3.27. The number of thioether (sulfide) groups is 1. The number of aryl methyl sites for hydroxylation is 2. The Balaban J connectivity index is 1.44. The van der Waals surface area contributed by atoms with E-state index in [0.717, 1.165) is 35.3 Å². The van der Waals surface area contributed by atoms with E-state index < -0.39 is 0 Å². The summed E-state index contributed by atoms with van der Waals surface area (Å²) in [6, 6.07) is 27.3. The highest BCUT2D eigenvalue weighted by Crippen LogP contribution is 2.40. The van der Waals surface area contributed by atoms with E-state index in [2.05, 4.69) is 41.9 Å². The van der Waals surface area contributed by atoms with Crippen molar-refractivity contribution in [2.24, 2.45) is 4.99 Å². The average molecular weight is 666 g/mol. The van der Waals surface area contributed by atoms with Gasteiger partial charge in [0.05, 0.1) is 25.8 Å². The maximum Gasteiger partial charge on any atom is 0.271 e. The van der Waals surface area contributed by atoms with Crippen molar-refractivity contribution >= 4 is 79.4 Å². The molecule has 0 bridgehead atoms. The number of hydrogen-bond acceptors (Lipinski definition) is 4. The number of carbonyl (C=O) groups is 1. The van der Waals surface area contributed by atoms with E-state index in [9.17, 15) is 4.79 Å². The molecule has 4 nitrogen and oxygen atoms in total. The molecule has 1 aliphatic rings. The molecule has 4 aromatic carbocycles. The van der Waals surface area contributed by atoms with Crippen molar-refractivity contribution in [2.75, 3.05) is 4.90 Å². The van der Waals surface area contributed by atoms with Gasteiger partial charge in [-0.15, -0.1) is 0 Å². The maximum atomic E-state index is 13.8. The second-order valence-corrected chi connectivity index (χ2v) is 12.1. The second-order valence-electron chi connectivity index (χ2n) is 9.41. The van der Waals surface area contributed by atoms with Crippen molar-refractivity contribution in [3.63, 3.8) is 0 Å². The second kappa shape index (κ2) is 13.3. The number of benzene rings is 4. The first-order valence-electron chi connectivity index (χ1n) is 13.2. The van der Waals surface area contributed by atoms with Gasteiger partial charge < -0.3 is 4.74 Å². The Bertz CT molecular complexity index is 1600. The first-order valence-corrected chi connectivity index (χ1v) is 15.6. The molecule has 1 amide bonds. The molecule has 0 atom stereocenters. The highest BCUT2D eigenvalue weighted by Gasteiger charge is 2.35. The fraction of sp³-hybridized carbons (Fsp3) is 0.152. The highest BCUT2D eigenvalue weighted by molar-refractivity contribution is 9.10. The van der Waals surface area contributed by atoms with Crippen LogP contribution in [0.25, 0.3) is 6.08 Å². The molecule has 0 spiro atoms. The van der Waals surface area contributed by atoms with Crippen LogP contribution in [-0.4, -0.2) is 11.1 Å². The predicted octanol–water partition coefficient (Wildman–Crippen LogP) is 10.3. The molecule has 0 radical (unpaired) electrons. The number of ether oxygens (including phenoxy) is 1. The lowest BCUT2D eigenvalue weighted by Gasteiger charge is -2.16. The largest absolute Gasteiger partial charge is 0.486 e. The number of nitrogens with zero attached hydrogens (tertiary/aromatic N) is 2. The molecular weight excluding hydrogens is 639 g/mol. The number of halogens is 3. The van der Waals surface area contributed by atoms with Crippen molar-refractivity contribution in [3.05, 3.63) is 127 Å². The van der Waals surface area contributed by atoms with Gasteiger partial charge in [-0.2, -0.15) is 0 Å². The molecule has 8 heteroatoms. The third kappa shape index (κ3) is 7.07. The summed E-state index contributed by atoms with van der Waals surface area (Å²) >= 11 is 17.5. The molecule has 1 aliphatic heterocycles. The quantitative estimate of drug-likeness (QED) is 0.176. The lowest BCUT2D eigenvalue weighted by molar-refractivity contribution is -0.113. The summed E-state index contributed by atoms with van der Waals surface area (Å²) in [5.74, 6) is 0.392. The van der Waals surface area contributed by atoms with E-state index in [4.69, 9.17) is 32.9 Å². The van der Waals surface area contributed by atoms with Crippen LogP contribution in [-0.2, 0) is 24.2 Å². The fourth-order valence-electron chi connectivity index (χ4n) is 4.26. The Hall–Kier alpha value is -3.03. The van der Waals surface area contributed by atoms with Gasteiger partial charge >= 0.3 is 0 Å². The van der Waals surface area contributed by atoms with Crippen molar-refractivity contribution in [3.8, 4) is 5.75 Å². The zero-order chi connectivity index (χ0) is 28.9. The Labute approximate surface area is 263 Å². The number of anilines is 1. The summed E-state index contributed by atoms with van der Waals surface area (Å²) in [5.41, 5.74) is 5.75. The van der Waals surface area contributed by atoms with Gasteiger partial charge in [0.15, 0.2) is 10.9 Å². The molecule has 4 aromatic rings. The van der Waals surface area contributed by atoms with E-state index in [0.29, 0.717) is 36.9 Å². The number of carbonyl (C=O) groups excluding carboxylic acids is 1. The van der Waals surface area contributed by atoms with Gasteiger partial charge in [0, 0.05) is 5.02 Å². The molecule has 0 aromatic heterocycles. The summed E-state index contributed by atoms with van der Waals surface area (Å²) in [5, 5.41) is 1.71. The summed E-state index contributed by atoms with van der Waals surface area (Å²) in [4.78, 5) is 20.8. The third-order valence-corrected chi connectivity index (χ3v) is 8.68. The van der Waals surface area contributed by atoms with E-state index in [1.54, 1.807) is 11.0 Å². The standard InChI is InChI=1S/C33H27BrCl2N2O2S/c1-3-21-7-13-26(14-8-21)37-33-38(27-15-9-22(4-2)10-16-27)32(39)30(41-33)19-24-17-28(34)31(29(36)18-24)40-20-23-5-11-25(35)12-6-23/h5-19H,3-4,20H2,1-2H3/b30-19-,37-33?. The van der Waals surface area contributed by atoms with Crippen LogP contribution in [0.5, 0.6) is 5.75 Å². The molecule has 41 heavy (non-hydrogen) atoms. The van der Waals surface area contributed by atoms with Crippen molar-refractivity contribution in [1.82, 2.24) is 0 Å².